The van der Waals surface area contributed by atoms with E-state index in [1.807, 2.05) is 10.9 Å². The highest BCUT2D eigenvalue weighted by Crippen LogP contribution is 2.16. The first-order valence-corrected chi connectivity index (χ1v) is 6.11. The Balaban J connectivity index is 1.43. The highest BCUT2D eigenvalue weighted by molar-refractivity contribution is 4.66. The van der Waals surface area contributed by atoms with E-state index < -0.39 is 0 Å². The van der Waals surface area contributed by atoms with Gasteiger partial charge in [0.15, 0.2) is 0 Å². The molecule has 1 saturated heterocycles. The van der Waals surface area contributed by atoms with Crippen LogP contribution in [-0.4, -0.2) is 40.8 Å². The maximum atomic E-state index is 5.57. The van der Waals surface area contributed by atoms with Crippen LogP contribution in [-0.2, 0) is 11.3 Å². The average molecular weight is 224 g/mol. The van der Waals surface area contributed by atoms with Crippen molar-refractivity contribution in [3.8, 4) is 0 Å². The molecule has 2 rings (SSSR count). The number of rotatable bonds is 7. The van der Waals surface area contributed by atoms with E-state index in [9.17, 15) is 0 Å². The van der Waals surface area contributed by atoms with Gasteiger partial charge in [0.2, 0.25) is 0 Å². The van der Waals surface area contributed by atoms with Gasteiger partial charge in [-0.05, 0) is 32.2 Å². The van der Waals surface area contributed by atoms with E-state index in [1.54, 1.807) is 6.20 Å². The van der Waals surface area contributed by atoms with Crippen molar-refractivity contribution in [1.29, 1.82) is 0 Å². The highest BCUT2D eigenvalue weighted by atomic mass is 16.5. The van der Waals surface area contributed by atoms with E-state index >= 15 is 0 Å². The Morgan fingerprint density at radius 2 is 2.44 bits per heavy atom. The fourth-order valence-corrected chi connectivity index (χ4v) is 2.00. The molecule has 0 amide bonds. The summed E-state index contributed by atoms with van der Waals surface area (Å²) in [6.45, 7) is 3.87. The van der Waals surface area contributed by atoms with Gasteiger partial charge in [-0.3, -0.25) is 4.68 Å². The lowest BCUT2D eigenvalue weighted by Crippen LogP contribution is -2.22. The summed E-state index contributed by atoms with van der Waals surface area (Å²) >= 11 is 0. The van der Waals surface area contributed by atoms with Crippen molar-refractivity contribution in [2.75, 3.05) is 19.7 Å². The van der Waals surface area contributed by atoms with Crippen LogP contribution in [0.15, 0.2) is 12.4 Å². The van der Waals surface area contributed by atoms with E-state index in [4.69, 9.17) is 4.74 Å². The molecule has 1 fully saturated rings. The van der Waals surface area contributed by atoms with Crippen molar-refractivity contribution < 1.29 is 4.74 Å². The molecular formula is C11H20N4O. The molecule has 0 saturated carbocycles. The molecule has 16 heavy (non-hydrogen) atoms. The van der Waals surface area contributed by atoms with Gasteiger partial charge in [0, 0.05) is 19.3 Å². The maximum absolute atomic E-state index is 5.57. The van der Waals surface area contributed by atoms with Gasteiger partial charge in [-0.1, -0.05) is 5.21 Å². The van der Waals surface area contributed by atoms with Gasteiger partial charge in [-0.15, -0.1) is 5.10 Å². The molecule has 0 aliphatic carbocycles. The monoisotopic (exact) mass is 224 g/mol. The fourth-order valence-electron chi connectivity index (χ4n) is 2.00. The van der Waals surface area contributed by atoms with Crippen molar-refractivity contribution in [3.63, 3.8) is 0 Å². The molecule has 1 atom stereocenters. The van der Waals surface area contributed by atoms with Crippen LogP contribution >= 0.6 is 0 Å². The summed E-state index contributed by atoms with van der Waals surface area (Å²) < 4.78 is 7.41. The molecule has 2 heterocycles. The van der Waals surface area contributed by atoms with Crippen LogP contribution in [0.3, 0.4) is 0 Å². The third-order valence-corrected chi connectivity index (χ3v) is 2.89. The first kappa shape index (κ1) is 11.5. The van der Waals surface area contributed by atoms with Crippen LogP contribution in [0.25, 0.3) is 0 Å². The summed E-state index contributed by atoms with van der Waals surface area (Å²) in [6.07, 6.45) is 8.99. The smallest absolute Gasteiger partial charge is 0.0692 e. The highest BCUT2D eigenvalue weighted by Gasteiger charge is 2.14. The largest absolute Gasteiger partial charge is 0.378 e. The lowest BCUT2D eigenvalue weighted by molar-refractivity contribution is 0.102. The normalized spacial score (nSPS) is 20.4. The molecule has 1 aromatic heterocycles. The van der Waals surface area contributed by atoms with Crippen LogP contribution in [0.2, 0.25) is 0 Å². The van der Waals surface area contributed by atoms with Crippen LogP contribution in [0.4, 0.5) is 0 Å². The molecular weight excluding hydrogens is 204 g/mol. The Morgan fingerprint density at radius 3 is 3.19 bits per heavy atom. The molecule has 90 valence electrons. The molecule has 0 spiro atoms. The van der Waals surface area contributed by atoms with Gasteiger partial charge in [0.05, 0.1) is 18.8 Å². The standard InChI is InChI=1S/C11H20N4O/c1(3-11-4-2-10-16-11)5-12-6-8-15-9-7-13-14-15/h7,9,11-12H,1-6,8,10H2. The molecule has 0 radical (unpaired) electrons. The van der Waals surface area contributed by atoms with Crippen molar-refractivity contribution in [2.45, 2.75) is 38.3 Å². The minimum absolute atomic E-state index is 0.525. The van der Waals surface area contributed by atoms with Crippen LogP contribution < -0.4 is 5.32 Å². The van der Waals surface area contributed by atoms with Crippen molar-refractivity contribution >= 4 is 0 Å². The SMILES string of the molecule is c1cn(CCNCCCC2CCCO2)nn1. The van der Waals surface area contributed by atoms with Crippen molar-refractivity contribution in [3.05, 3.63) is 12.4 Å². The second-order valence-electron chi connectivity index (χ2n) is 4.19. The van der Waals surface area contributed by atoms with Gasteiger partial charge in [0.1, 0.15) is 0 Å². The van der Waals surface area contributed by atoms with E-state index in [0.717, 1.165) is 26.2 Å². The minimum Gasteiger partial charge on any atom is -0.378 e. The summed E-state index contributed by atoms with van der Waals surface area (Å²) in [7, 11) is 0. The molecule has 1 aliphatic rings. The summed E-state index contributed by atoms with van der Waals surface area (Å²) in [5.74, 6) is 0. The van der Waals surface area contributed by atoms with Crippen molar-refractivity contribution in [1.82, 2.24) is 20.3 Å². The molecule has 0 bridgehead atoms. The lowest BCUT2D eigenvalue weighted by atomic mass is 10.1. The Morgan fingerprint density at radius 1 is 1.44 bits per heavy atom. The van der Waals surface area contributed by atoms with E-state index in [0.29, 0.717) is 6.10 Å². The summed E-state index contributed by atoms with van der Waals surface area (Å²) in [4.78, 5) is 0. The number of hydrogen-bond acceptors (Lipinski definition) is 4. The average Bonchev–Trinajstić information content (AvgIpc) is 2.96. The Bertz CT molecular complexity index is 270. The number of nitrogens with one attached hydrogen (secondary N) is 1. The molecule has 0 aromatic carbocycles. The van der Waals surface area contributed by atoms with E-state index in [2.05, 4.69) is 15.6 Å². The van der Waals surface area contributed by atoms with E-state index in [1.165, 1.54) is 25.7 Å². The summed E-state index contributed by atoms with van der Waals surface area (Å²) in [5, 5.41) is 11.1. The van der Waals surface area contributed by atoms with E-state index in [-0.39, 0.29) is 0 Å². The zero-order valence-corrected chi connectivity index (χ0v) is 9.64. The molecule has 1 aromatic rings. The van der Waals surface area contributed by atoms with Crippen LogP contribution in [0.5, 0.6) is 0 Å². The second-order valence-corrected chi connectivity index (χ2v) is 4.19. The lowest BCUT2D eigenvalue weighted by Gasteiger charge is -2.09. The number of aromatic nitrogens is 3. The van der Waals surface area contributed by atoms with Crippen LogP contribution in [0, 0.1) is 0 Å². The van der Waals surface area contributed by atoms with Gasteiger partial charge in [-0.25, -0.2) is 0 Å². The minimum atomic E-state index is 0.525. The first-order valence-electron chi connectivity index (χ1n) is 6.11. The zero-order valence-electron chi connectivity index (χ0n) is 9.64. The Kier molecular flexibility index (Phi) is 4.76. The van der Waals surface area contributed by atoms with Gasteiger partial charge in [-0.2, -0.15) is 0 Å². The molecule has 1 aliphatic heterocycles. The topological polar surface area (TPSA) is 52.0 Å². The quantitative estimate of drug-likeness (QED) is 0.697. The molecule has 1 unspecified atom stereocenters. The third kappa shape index (κ3) is 3.90. The number of nitrogens with zero attached hydrogens (tertiary/aromatic N) is 3. The predicted octanol–water partition coefficient (Wildman–Crippen LogP) is 0.827. The molecule has 5 heteroatoms. The Labute approximate surface area is 96.2 Å². The molecule has 5 nitrogen and oxygen atoms in total. The van der Waals surface area contributed by atoms with Gasteiger partial charge >= 0.3 is 0 Å². The summed E-state index contributed by atoms with van der Waals surface area (Å²) in [6, 6.07) is 0. The summed E-state index contributed by atoms with van der Waals surface area (Å²) in [5.41, 5.74) is 0. The third-order valence-electron chi connectivity index (χ3n) is 2.89. The predicted molar refractivity (Wildman–Crippen MR) is 61.1 cm³/mol. The van der Waals surface area contributed by atoms with Gasteiger partial charge in [0.25, 0.3) is 0 Å². The van der Waals surface area contributed by atoms with Crippen molar-refractivity contribution in [2.24, 2.45) is 0 Å². The molecule has 1 N–H and O–H groups in total. The van der Waals surface area contributed by atoms with Crippen LogP contribution in [0.1, 0.15) is 25.7 Å². The fraction of sp³-hybridized carbons (Fsp3) is 0.818. The first-order chi connectivity index (χ1) is 7.95. The Hall–Kier alpha value is -0.940. The second kappa shape index (κ2) is 6.60. The number of ether oxygens (including phenoxy) is 1. The zero-order chi connectivity index (χ0) is 11.1. The van der Waals surface area contributed by atoms with Gasteiger partial charge < -0.3 is 10.1 Å². The maximum Gasteiger partial charge on any atom is 0.0692 e. The number of hydrogen-bond donors (Lipinski definition) is 1.